The number of carbonyl (C=O) groups is 4. The van der Waals surface area contributed by atoms with Crippen LogP contribution in [0.1, 0.15) is 52.8 Å². The average Bonchev–Trinajstić information content (AvgIpc) is 3.09. The first-order valence-corrected chi connectivity index (χ1v) is 12.5. The van der Waals surface area contributed by atoms with E-state index in [1.165, 1.54) is 24.3 Å². The summed E-state index contributed by atoms with van der Waals surface area (Å²) in [6.07, 6.45) is 2.85. The Morgan fingerprint density at radius 1 is 0.941 bits per heavy atom. The zero-order valence-corrected chi connectivity index (χ0v) is 20.5. The molecule has 1 aliphatic carbocycles. The van der Waals surface area contributed by atoms with Gasteiger partial charge in [0, 0.05) is 16.5 Å². The monoisotopic (exact) mass is 520 g/mol. The predicted molar refractivity (Wildman–Crippen MR) is 130 cm³/mol. The van der Waals surface area contributed by atoms with E-state index in [2.05, 4.69) is 0 Å². The van der Waals surface area contributed by atoms with E-state index in [9.17, 15) is 19.2 Å². The van der Waals surface area contributed by atoms with Crippen molar-refractivity contribution in [3.05, 3.63) is 69.7 Å². The highest BCUT2D eigenvalue weighted by molar-refractivity contribution is 6.34. The summed E-state index contributed by atoms with van der Waals surface area (Å²) in [5.41, 5.74) is 0.371. The quantitative estimate of drug-likeness (QED) is 0.277. The van der Waals surface area contributed by atoms with Gasteiger partial charge in [-0.3, -0.25) is 19.2 Å². The van der Waals surface area contributed by atoms with Crippen LogP contribution in [-0.2, 0) is 9.59 Å². The smallest absolute Gasteiger partial charge is 0.275 e. The van der Waals surface area contributed by atoms with Gasteiger partial charge in [0.25, 0.3) is 17.7 Å². The summed E-state index contributed by atoms with van der Waals surface area (Å²) in [5, 5.41) is 2.47. The lowest BCUT2D eigenvalue weighted by Gasteiger charge is -2.36. The van der Waals surface area contributed by atoms with E-state index in [1.807, 2.05) is 0 Å². The maximum absolute atomic E-state index is 13.8. The Balaban J connectivity index is 1.82. The fourth-order valence-electron chi connectivity index (χ4n) is 4.76. The van der Waals surface area contributed by atoms with Gasteiger partial charge in [0.15, 0.2) is 5.78 Å². The van der Waals surface area contributed by atoms with Crippen LogP contribution in [0.5, 0.6) is 0 Å². The summed E-state index contributed by atoms with van der Waals surface area (Å²) in [7, 11) is 0. The SMILES string of the molecule is O=C(c1ccc(Cl)cc1)[C@H](CCCl)N(C(=O)c1ccccc1Cl)N1C(=O)[C@@H]2CCCC[C@H]2C1=O. The molecule has 3 atom stereocenters. The van der Waals surface area contributed by atoms with Crippen LogP contribution in [0.25, 0.3) is 0 Å². The first-order valence-electron chi connectivity index (χ1n) is 11.2. The number of nitrogens with zero attached hydrogens (tertiary/aromatic N) is 2. The number of Topliss-reactive ketones (excluding diaryl/α,β-unsaturated/α-hetero) is 1. The molecule has 1 aliphatic heterocycles. The number of carbonyl (C=O) groups excluding carboxylic acids is 4. The minimum absolute atomic E-state index is 0.0272. The number of halogens is 3. The van der Waals surface area contributed by atoms with Gasteiger partial charge >= 0.3 is 0 Å². The summed E-state index contributed by atoms with van der Waals surface area (Å²) >= 11 is 18.3. The second kappa shape index (κ2) is 10.5. The van der Waals surface area contributed by atoms with Crippen molar-refractivity contribution >= 4 is 58.3 Å². The summed E-state index contributed by atoms with van der Waals surface area (Å²) in [6.45, 7) is 0. The lowest BCUT2D eigenvalue weighted by atomic mass is 9.81. The number of amides is 3. The molecule has 34 heavy (non-hydrogen) atoms. The molecule has 9 heteroatoms. The number of hydrogen-bond donors (Lipinski definition) is 0. The van der Waals surface area contributed by atoms with E-state index in [4.69, 9.17) is 34.8 Å². The molecule has 4 rings (SSSR count). The second-order valence-corrected chi connectivity index (χ2v) is 9.70. The van der Waals surface area contributed by atoms with Gasteiger partial charge in [-0.25, -0.2) is 5.01 Å². The van der Waals surface area contributed by atoms with Gasteiger partial charge in [0.1, 0.15) is 6.04 Å². The number of fused-ring (bicyclic) bond motifs is 1. The molecule has 1 heterocycles. The lowest BCUT2D eigenvalue weighted by Crippen LogP contribution is -2.57. The van der Waals surface area contributed by atoms with Crippen molar-refractivity contribution in [2.45, 2.75) is 38.1 Å². The molecule has 178 valence electrons. The van der Waals surface area contributed by atoms with E-state index < -0.39 is 41.4 Å². The van der Waals surface area contributed by atoms with Gasteiger partial charge < -0.3 is 0 Å². The molecule has 0 radical (unpaired) electrons. The molecule has 2 aromatic carbocycles. The minimum Gasteiger partial charge on any atom is -0.292 e. The third-order valence-corrected chi connectivity index (χ3v) is 7.25. The van der Waals surface area contributed by atoms with Crippen LogP contribution in [0.15, 0.2) is 48.5 Å². The maximum atomic E-state index is 13.8. The van der Waals surface area contributed by atoms with Gasteiger partial charge in [-0.15, -0.1) is 11.6 Å². The predicted octanol–water partition coefficient (Wildman–Crippen LogP) is 5.41. The van der Waals surface area contributed by atoms with E-state index in [1.54, 1.807) is 24.3 Å². The Labute approximate surface area is 212 Å². The van der Waals surface area contributed by atoms with Crippen LogP contribution >= 0.6 is 34.8 Å². The van der Waals surface area contributed by atoms with Crippen molar-refractivity contribution in [3.8, 4) is 0 Å². The third kappa shape index (κ3) is 4.59. The highest BCUT2D eigenvalue weighted by atomic mass is 35.5. The maximum Gasteiger partial charge on any atom is 0.275 e. The molecule has 0 unspecified atom stereocenters. The number of imide groups is 1. The normalized spacial score (nSPS) is 20.7. The molecule has 2 aliphatic rings. The topological polar surface area (TPSA) is 74.8 Å². The van der Waals surface area contributed by atoms with E-state index in [0.29, 0.717) is 17.9 Å². The number of ketones is 1. The molecule has 0 bridgehead atoms. The standard InChI is InChI=1S/C25H23Cl3N2O4/c26-14-13-21(22(31)15-9-11-16(27)12-10-15)29(25(34)19-7-3-4-8-20(19)28)30-23(32)17-5-1-2-6-18(17)24(30)33/h3-4,7-12,17-18,21H,1-2,5-6,13-14H2/t17-,18-,21+/m1/s1. The van der Waals surface area contributed by atoms with Gasteiger partial charge in [0.2, 0.25) is 0 Å². The Hall–Kier alpha value is -2.41. The van der Waals surface area contributed by atoms with Crippen LogP contribution in [0.2, 0.25) is 10.0 Å². The van der Waals surface area contributed by atoms with Gasteiger partial charge in [0.05, 0.1) is 22.4 Å². The third-order valence-electron chi connectivity index (χ3n) is 6.45. The first-order chi connectivity index (χ1) is 16.3. The molecule has 0 aromatic heterocycles. The minimum atomic E-state index is -1.18. The van der Waals surface area contributed by atoms with Crippen LogP contribution in [-0.4, -0.2) is 45.4 Å². The van der Waals surface area contributed by atoms with Gasteiger partial charge in [-0.1, -0.05) is 48.2 Å². The Kier molecular flexibility index (Phi) is 7.60. The Bertz CT molecular complexity index is 1100. The zero-order valence-electron chi connectivity index (χ0n) is 18.3. The first kappa shape index (κ1) is 24.7. The van der Waals surface area contributed by atoms with E-state index >= 15 is 0 Å². The largest absolute Gasteiger partial charge is 0.292 e. The summed E-state index contributed by atoms with van der Waals surface area (Å²) < 4.78 is 0. The fourth-order valence-corrected chi connectivity index (χ4v) is 5.31. The number of alkyl halides is 1. The van der Waals surface area contributed by atoms with E-state index in [0.717, 1.165) is 22.9 Å². The lowest BCUT2D eigenvalue weighted by molar-refractivity contribution is -0.156. The molecule has 1 saturated carbocycles. The Morgan fingerprint density at radius 2 is 1.53 bits per heavy atom. The molecule has 6 nitrogen and oxygen atoms in total. The van der Waals surface area contributed by atoms with Crippen LogP contribution in [0.3, 0.4) is 0 Å². The highest BCUT2D eigenvalue weighted by Crippen LogP contribution is 2.40. The van der Waals surface area contributed by atoms with Crippen molar-refractivity contribution in [1.29, 1.82) is 0 Å². The molecule has 3 amide bonds. The summed E-state index contributed by atoms with van der Waals surface area (Å²) in [4.78, 5) is 54.3. The number of hydrogen-bond acceptors (Lipinski definition) is 4. The van der Waals surface area contributed by atoms with Gasteiger partial charge in [-0.2, -0.15) is 5.01 Å². The van der Waals surface area contributed by atoms with Crippen LogP contribution < -0.4 is 0 Å². The molecule has 0 spiro atoms. The van der Waals surface area contributed by atoms with Crippen LogP contribution in [0.4, 0.5) is 0 Å². The number of hydrazine groups is 1. The van der Waals surface area contributed by atoms with Crippen molar-refractivity contribution in [2.75, 3.05) is 5.88 Å². The molecular formula is C25H23Cl3N2O4. The highest BCUT2D eigenvalue weighted by Gasteiger charge is 2.53. The number of rotatable bonds is 7. The van der Waals surface area contributed by atoms with Crippen molar-refractivity contribution in [1.82, 2.24) is 10.0 Å². The van der Waals surface area contributed by atoms with Crippen molar-refractivity contribution in [2.24, 2.45) is 11.8 Å². The second-order valence-electron chi connectivity index (χ2n) is 8.48. The molecule has 2 fully saturated rings. The molecule has 2 aromatic rings. The van der Waals surface area contributed by atoms with Crippen molar-refractivity contribution in [3.63, 3.8) is 0 Å². The summed E-state index contributed by atoms with van der Waals surface area (Å²) in [5.74, 6) is -3.04. The summed E-state index contributed by atoms with van der Waals surface area (Å²) in [6, 6.07) is 11.4. The zero-order chi connectivity index (χ0) is 24.4. The van der Waals surface area contributed by atoms with Crippen LogP contribution in [0, 0.1) is 11.8 Å². The average molecular weight is 522 g/mol. The molecular weight excluding hydrogens is 499 g/mol. The van der Waals surface area contributed by atoms with E-state index in [-0.39, 0.29) is 28.5 Å². The van der Waals surface area contributed by atoms with Crippen molar-refractivity contribution < 1.29 is 19.2 Å². The number of benzene rings is 2. The Morgan fingerprint density at radius 3 is 2.09 bits per heavy atom. The van der Waals surface area contributed by atoms with Gasteiger partial charge in [-0.05, 0) is 55.7 Å². The fraction of sp³-hybridized carbons (Fsp3) is 0.360. The molecule has 0 N–H and O–H groups in total. The molecule has 1 saturated heterocycles.